The van der Waals surface area contributed by atoms with Gasteiger partial charge in [-0.25, -0.2) is 9.37 Å². The van der Waals surface area contributed by atoms with Crippen LogP contribution in [0.1, 0.15) is 56.4 Å². The molecular weight excluding hydrogens is 442 g/mol. The van der Waals surface area contributed by atoms with Crippen molar-refractivity contribution in [3.63, 3.8) is 0 Å². The molecule has 1 heterocycles. The molecule has 0 bridgehead atoms. The van der Waals surface area contributed by atoms with E-state index in [1.807, 2.05) is 19.9 Å². The Balaban J connectivity index is 0.000000675. The monoisotopic (exact) mass is 467 g/mol. The summed E-state index contributed by atoms with van der Waals surface area (Å²) < 4.78 is 50.0. The fourth-order valence-electron chi connectivity index (χ4n) is 2.11. The van der Waals surface area contributed by atoms with Crippen molar-refractivity contribution in [2.24, 2.45) is 5.92 Å². The highest BCUT2D eigenvalue weighted by atomic mass is 19.4. The molecule has 178 valence electrons. The number of nitriles is 1. The van der Waals surface area contributed by atoms with E-state index in [-0.39, 0.29) is 17.3 Å². The first kappa shape index (κ1) is 27.5. The van der Waals surface area contributed by atoms with E-state index in [2.05, 4.69) is 15.4 Å². The molecule has 0 aliphatic rings. The molecular formula is C22H25F4N5O2. The van der Waals surface area contributed by atoms with Crippen molar-refractivity contribution in [3.8, 4) is 6.07 Å². The first-order valence-electron chi connectivity index (χ1n) is 9.84. The fourth-order valence-corrected chi connectivity index (χ4v) is 2.11. The van der Waals surface area contributed by atoms with E-state index in [0.717, 1.165) is 24.3 Å². The number of nitrogens with one attached hydrogen (secondary N) is 1. The van der Waals surface area contributed by atoms with Crippen LogP contribution in [-0.2, 0) is 11.0 Å². The van der Waals surface area contributed by atoms with E-state index in [1.165, 1.54) is 38.0 Å². The topological polar surface area (TPSA) is 99.0 Å². The lowest BCUT2D eigenvalue weighted by atomic mass is 10.1. The molecule has 1 aromatic heterocycles. The molecule has 0 spiro atoms. The number of amides is 1. The molecule has 11 heteroatoms. The largest absolute Gasteiger partial charge is 0.416 e. The number of ketones is 1. The highest BCUT2D eigenvalue weighted by Crippen LogP contribution is 2.29. The van der Waals surface area contributed by atoms with Crippen LogP contribution in [0.4, 0.5) is 23.4 Å². The zero-order chi connectivity index (χ0) is 25.4. The van der Waals surface area contributed by atoms with Gasteiger partial charge in [0.1, 0.15) is 6.07 Å². The molecule has 1 aromatic carbocycles. The first-order valence-corrected chi connectivity index (χ1v) is 9.84. The Hall–Kier alpha value is -3.55. The van der Waals surface area contributed by atoms with Crippen LogP contribution in [0.5, 0.6) is 0 Å². The van der Waals surface area contributed by atoms with Crippen LogP contribution < -0.4 is 10.4 Å². The van der Waals surface area contributed by atoms with Gasteiger partial charge in [0.05, 0.1) is 5.56 Å². The summed E-state index contributed by atoms with van der Waals surface area (Å²) in [4.78, 5) is 30.3. The van der Waals surface area contributed by atoms with Crippen LogP contribution in [0.25, 0.3) is 0 Å². The van der Waals surface area contributed by atoms with Crippen molar-refractivity contribution in [1.29, 1.82) is 5.26 Å². The highest BCUT2D eigenvalue weighted by Gasteiger charge is 2.30. The van der Waals surface area contributed by atoms with Gasteiger partial charge in [-0.3, -0.25) is 20.0 Å². The van der Waals surface area contributed by atoms with Crippen LogP contribution in [0.15, 0.2) is 36.5 Å². The summed E-state index contributed by atoms with van der Waals surface area (Å²) in [6, 6.07) is 7.24. The zero-order valence-electron chi connectivity index (χ0n) is 18.9. The predicted octanol–water partition coefficient (Wildman–Crippen LogP) is 4.50. The summed E-state index contributed by atoms with van der Waals surface area (Å²) in [6.45, 7) is 7.95. The minimum atomic E-state index is -4.46. The molecule has 1 amide bonds. The van der Waals surface area contributed by atoms with E-state index in [4.69, 9.17) is 5.26 Å². The van der Waals surface area contributed by atoms with Crippen LogP contribution in [0.2, 0.25) is 0 Å². The van der Waals surface area contributed by atoms with Crippen LogP contribution in [-0.4, -0.2) is 33.9 Å². The lowest BCUT2D eigenvalue weighted by Crippen LogP contribution is -2.45. The number of benzene rings is 1. The van der Waals surface area contributed by atoms with E-state index in [0.29, 0.717) is 12.4 Å². The van der Waals surface area contributed by atoms with Crippen molar-refractivity contribution in [2.75, 3.05) is 11.6 Å². The van der Waals surface area contributed by atoms with E-state index >= 15 is 0 Å². The van der Waals surface area contributed by atoms with Crippen molar-refractivity contribution in [2.45, 2.75) is 46.5 Å². The summed E-state index contributed by atoms with van der Waals surface area (Å²) in [7, 11) is 0. The maximum atomic E-state index is 12.6. The number of rotatable bonds is 6. The molecule has 0 atom stereocenters. The second-order valence-corrected chi connectivity index (χ2v) is 7.90. The summed E-state index contributed by atoms with van der Waals surface area (Å²) in [5.74, 6) is -0.613. The Morgan fingerprint density at radius 2 is 1.67 bits per heavy atom. The number of carbonyl (C=O) groups is 2. The van der Waals surface area contributed by atoms with E-state index in [1.54, 1.807) is 0 Å². The molecule has 0 aliphatic carbocycles. The predicted molar refractivity (Wildman–Crippen MR) is 114 cm³/mol. The Morgan fingerprint density at radius 1 is 1.12 bits per heavy atom. The van der Waals surface area contributed by atoms with Gasteiger partial charge in [-0.05, 0) is 51.0 Å². The molecule has 0 radical (unpaired) electrons. The number of aromatic nitrogens is 2. The number of hydrogen-bond donors (Lipinski definition) is 1. The quantitative estimate of drug-likeness (QED) is 0.496. The maximum Gasteiger partial charge on any atom is 0.416 e. The van der Waals surface area contributed by atoms with Gasteiger partial charge in [0.2, 0.25) is 5.82 Å². The number of carbonyl (C=O) groups excluding carboxylic acids is 2. The second-order valence-electron chi connectivity index (χ2n) is 7.90. The van der Waals surface area contributed by atoms with Crippen molar-refractivity contribution in [1.82, 2.24) is 15.4 Å². The maximum absolute atomic E-state index is 12.6. The van der Waals surface area contributed by atoms with Crippen LogP contribution in [0, 0.1) is 17.2 Å². The van der Waals surface area contributed by atoms with E-state index < -0.39 is 29.1 Å². The average molecular weight is 467 g/mol. The van der Waals surface area contributed by atoms with Gasteiger partial charge in [-0.2, -0.15) is 23.4 Å². The number of Topliss-reactive ketones (excluding diaryl/α,β-unsaturated/α-hetero) is 1. The zero-order valence-corrected chi connectivity index (χ0v) is 18.9. The minimum absolute atomic E-state index is 0.0555. The molecule has 0 saturated carbocycles. The number of hydrazine groups is 1. The van der Waals surface area contributed by atoms with Gasteiger partial charge in [-0.1, -0.05) is 13.8 Å². The molecule has 0 fully saturated rings. The Bertz CT molecular complexity index is 994. The Labute approximate surface area is 189 Å². The first-order chi connectivity index (χ1) is 15.1. The van der Waals surface area contributed by atoms with Gasteiger partial charge in [0.25, 0.3) is 5.91 Å². The highest BCUT2D eigenvalue weighted by molar-refractivity contribution is 5.95. The third-order valence-electron chi connectivity index (χ3n) is 4.11. The van der Waals surface area contributed by atoms with Crippen LogP contribution in [0.3, 0.4) is 0 Å². The average Bonchev–Trinajstić information content (AvgIpc) is 2.72. The smallest absolute Gasteiger partial charge is 0.296 e. The molecule has 33 heavy (non-hydrogen) atoms. The molecule has 2 rings (SSSR count). The molecule has 0 aliphatic heterocycles. The van der Waals surface area contributed by atoms with Gasteiger partial charge in [0.15, 0.2) is 17.3 Å². The standard InChI is InChI=1S/C17H16F3N5O.C5H9FO/c1-11(2)10-25(15-7-8-22-14(9-21)23-15)24-16(26)12-3-5-13(6-4-12)17(18,19)20;1-4(7)5(2,3)6/h3-8,11H,10H2,1-2H3,(H,24,26);1-3H3. The third-order valence-corrected chi connectivity index (χ3v) is 4.11. The van der Waals surface area contributed by atoms with Gasteiger partial charge < -0.3 is 0 Å². The van der Waals surface area contributed by atoms with Crippen molar-refractivity contribution >= 4 is 17.5 Å². The number of hydrogen-bond acceptors (Lipinski definition) is 6. The summed E-state index contributed by atoms with van der Waals surface area (Å²) in [5, 5.41) is 10.3. The molecule has 7 nitrogen and oxygen atoms in total. The third kappa shape index (κ3) is 9.22. The summed E-state index contributed by atoms with van der Waals surface area (Å²) >= 11 is 0. The van der Waals surface area contributed by atoms with Crippen LogP contribution >= 0.6 is 0 Å². The Morgan fingerprint density at radius 3 is 2.09 bits per heavy atom. The van der Waals surface area contributed by atoms with Crippen molar-refractivity contribution < 1.29 is 27.2 Å². The molecule has 2 aromatic rings. The number of nitrogens with zero attached hydrogens (tertiary/aromatic N) is 4. The second kappa shape index (κ2) is 11.4. The van der Waals surface area contributed by atoms with E-state index in [9.17, 15) is 27.2 Å². The summed E-state index contributed by atoms with van der Waals surface area (Å²) in [6.07, 6.45) is -3.08. The summed E-state index contributed by atoms with van der Waals surface area (Å²) in [5.41, 5.74) is 0.205. The molecule has 1 N–H and O–H groups in total. The SMILES string of the molecule is CC(=O)C(C)(C)F.CC(C)CN(NC(=O)c1ccc(C(F)(F)F)cc1)c1ccnc(C#N)n1. The number of anilines is 1. The van der Waals surface area contributed by atoms with Gasteiger partial charge >= 0.3 is 6.18 Å². The fraction of sp³-hybridized carbons (Fsp3) is 0.409. The van der Waals surface area contributed by atoms with Gasteiger partial charge in [-0.15, -0.1) is 0 Å². The Kier molecular flexibility index (Phi) is 9.46. The lowest BCUT2D eigenvalue weighted by Gasteiger charge is -2.26. The molecule has 0 unspecified atom stereocenters. The lowest BCUT2D eigenvalue weighted by molar-refractivity contribution is -0.137. The van der Waals surface area contributed by atoms with Gasteiger partial charge in [0, 0.05) is 24.4 Å². The number of alkyl halides is 4. The normalized spacial score (nSPS) is 11.2. The van der Waals surface area contributed by atoms with Crippen molar-refractivity contribution in [3.05, 3.63) is 53.5 Å². The number of halogens is 4. The molecule has 0 saturated heterocycles. The minimum Gasteiger partial charge on any atom is -0.296 e.